The molecule has 0 spiro atoms. The van der Waals surface area contributed by atoms with Crippen molar-refractivity contribution in [2.75, 3.05) is 0 Å². The predicted octanol–water partition coefficient (Wildman–Crippen LogP) is -0.182. The van der Waals surface area contributed by atoms with E-state index in [-0.39, 0.29) is 5.82 Å². The summed E-state index contributed by atoms with van der Waals surface area (Å²) in [5.41, 5.74) is 0.411. The molecule has 7 heteroatoms. The Morgan fingerprint density at radius 3 is 3.08 bits per heavy atom. The Morgan fingerprint density at radius 1 is 1.50 bits per heavy atom. The van der Waals surface area contributed by atoms with Gasteiger partial charge in [0.2, 0.25) is 5.82 Å². The van der Waals surface area contributed by atoms with Gasteiger partial charge < -0.3 is 0 Å². The predicted molar refractivity (Wildman–Crippen MR) is 36.8 cm³/mol. The first kappa shape index (κ1) is 6.65. The van der Waals surface area contributed by atoms with E-state index in [1.54, 1.807) is 0 Å². The first-order chi connectivity index (χ1) is 5.79. The van der Waals surface area contributed by atoms with Gasteiger partial charge in [-0.2, -0.15) is 0 Å². The van der Waals surface area contributed by atoms with Crippen LogP contribution in [0.25, 0.3) is 11.5 Å². The van der Waals surface area contributed by atoms with Gasteiger partial charge in [0.25, 0.3) is 0 Å². The topological polar surface area (TPSA) is 86.7 Å². The van der Waals surface area contributed by atoms with E-state index in [4.69, 9.17) is 0 Å². The van der Waals surface area contributed by atoms with Crippen LogP contribution in [-0.4, -0.2) is 24.7 Å². The molecule has 60 valence electrons. The van der Waals surface area contributed by atoms with Crippen LogP contribution in [-0.2, 0) is 0 Å². The Hall–Kier alpha value is -2.05. The van der Waals surface area contributed by atoms with Gasteiger partial charge >= 0.3 is 0 Å². The number of imidazole rings is 1. The number of hydrogen-bond acceptors (Lipinski definition) is 5. The monoisotopic (exact) mass is 165 g/mol. The summed E-state index contributed by atoms with van der Waals surface area (Å²) in [5, 5.41) is 9.77. The van der Waals surface area contributed by atoms with E-state index in [1.165, 1.54) is 12.5 Å². The highest BCUT2D eigenvalue weighted by Gasteiger charge is 2.15. The minimum Gasteiger partial charge on any atom is -0.238 e. The van der Waals surface area contributed by atoms with Crippen molar-refractivity contribution in [3.63, 3.8) is 0 Å². The van der Waals surface area contributed by atoms with Crippen LogP contribution < -0.4 is 0 Å². The van der Waals surface area contributed by atoms with Gasteiger partial charge in [-0.15, -0.1) is 0 Å². The van der Waals surface area contributed by atoms with Gasteiger partial charge in [-0.3, -0.25) is 0 Å². The molecule has 0 bridgehead atoms. The van der Waals surface area contributed by atoms with Crippen molar-refractivity contribution < 1.29 is 5.03 Å². The lowest BCUT2D eigenvalue weighted by atomic mass is 10.4. The average molecular weight is 165 g/mol. The van der Waals surface area contributed by atoms with Crippen LogP contribution in [0.1, 0.15) is 0 Å². The van der Waals surface area contributed by atoms with E-state index in [1.807, 2.05) is 0 Å². The molecule has 0 aromatic heterocycles. The zero-order chi connectivity index (χ0) is 8.55. The van der Waals surface area contributed by atoms with Crippen molar-refractivity contribution in [3.8, 4) is 11.5 Å². The highest BCUT2D eigenvalue weighted by Crippen LogP contribution is 2.12. The molecule has 0 N–H and O–H groups in total. The van der Waals surface area contributed by atoms with Crippen molar-refractivity contribution in [1.29, 1.82) is 0 Å². The molecule has 12 heavy (non-hydrogen) atoms. The number of nitrogens with zero attached hydrogens (tertiary/aromatic N) is 5. The van der Waals surface area contributed by atoms with Gasteiger partial charge in [-0.1, -0.05) is 0 Å². The summed E-state index contributed by atoms with van der Waals surface area (Å²) in [6.45, 7) is 0. The molecule has 0 aliphatic carbocycles. The van der Waals surface area contributed by atoms with Crippen molar-refractivity contribution >= 4 is 0 Å². The summed E-state index contributed by atoms with van der Waals surface area (Å²) >= 11 is 0. The molecular weight excluding hydrogens is 162 g/mol. The van der Waals surface area contributed by atoms with Crippen LogP contribution in [0.3, 0.4) is 0 Å². The number of fused-ring (bicyclic) bond motifs is 1. The molecule has 0 aromatic carbocycles. The molecule has 0 amide bonds. The van der Waals surface area contributed by atoms with E-state index in [2.05, 4.69) is 15.0 Å². The maximum atomic E-state index is 10.4. The zero-order valence-electron chi connectivity index (χ0n) is 5.78. The highest BCUT2D eigenvalue weighted by atomic mass is 16.7. The van der Waals surface area contributed by atoms with Crippen LogP contribution in [0.15, 0.2) is 18.9 Å². The second-order valence-electron chi connectivity index (χ2n) is 2.06. The normalized spacial score (nSPS) is 10.3. The summed E-state index contributed by atoms with van der Waals surface area (Å²) < 4.78 is 0.725. The van der Waals surface area contributed by atoms with E-state index >= 15 is 0 Å². The highest BCUT2D eigenvalue weighted by molar-refractivity contribution is 5.47. The standard InChI is InChI=1S/C5H3N5O2/c11-10(12)9-3-6-1-4-5(9)8-2-7-4/h1-3H. The zero-order valence-corrected chi connectivity index (χ0v) is 5.78. The Labute approximate surface area is 66.2 Å². The van der Waals surface area contributed by atoms with Crippen LogP contribution in [0.4, 0.5) is 0 Å². The quantitative estimate of drug-likeness (QED) is 0.432. The molecule has 0 aromatic rings. The first-order valence-electron chi connectivity index (χ1n) is 3.07. The van der Waals surface area contributed by atoms with Crippen LogP contribution >= 0.6 is 0 Å². The maximum absolute atomic E-state index is 10.4. The van der Waals surface area contributed by atoms with E-state index in [0.717, 1.165) is 11.0 Å². The molecule has 0 radical (unpaired) electrons. The van der Waals surface area contributed by atoms with Gasteiger partial charge in [0.05, 0.1) is 6.20 Å². The minimum absolute atomic E-state index is 0.204. The average Bonchev–Trinajstić information content (AvgIpc) is 2.49. The lowest BCUT2D eigenvalue weighted by Crippen LogP contribution is -2.12. The Bertz CT molecular complexity index is 397. The Kier molecular flexibility index (Phi) is 1.23. The molecule has 0 unspecified atom stereocenters. The van der Waals surface area contributed by atoms with Crippen molar-refractivity contribution in [2.45, 2.75) is 0 Å². The summed E-state index contributed by atoms with van der Waals surface area (Å²) in [6.07, 6.45) is 3.76. The minimum atomic E-state index is -0.607. The lowest BCUT2D eigenvalue weighted by Gasteiger charge is -1.97. The summed E-state index contributed by atoms with van der Waals surface area (Å²) in [6, 6.07) is 0. The fraction of sp³-hybridized carbons (Fsp3) is 0. The molecule has 2 heterocycles. The van der Waals surface area contributed by atoms with Crippen molar-refractivity contribution in [3.05, 3.63) is 29.0 Å². The van der Waals surface area contributed by atoms with Crippen LogP contribution in [0.2, 0.25) is 0 Å². The molecule has 2 aliphatic rings. The summed E-state index contributed by atoms with van der Waals surface area (Å²) in [7, 11) is 0. The molecule has 2 aliphatic heterocycles. The van der Waals surface area contributed by atoms with Crippen molar-refractivity contribution in [2.24, 2.45) is 0 Å². The SMILES string of the molecule is O=[N+]([O-])n1cncc2ncnc1-2. The lowest BCUT2D eigenvalue weighted by molar-refractivity contribution is -0.541. The van der Waals surface area contributed by atoms with Gasteiger partial charge in [0.15, 0.2) is 11.4 Å². The largest absolute Gasteiger partial charge is 0.238 e. The van der Waals surface area contributed by atoms with Gasteiger partial charge in [0.1, 0.15) is 12.0 Å². The summed E-state index contributed by atoms with van der Waals surface area (Å²) in [5.74, 6) is 0.204. The number of nitro groups is 1. The van der Waals surface area contributed by atoms with Crippen molar-refractivity contribution in [1.82, 2.24) is 19.6 Å². The maximum Gasteiger partial charge on any atom is 0.230 e. The third-order valence-corrected chi connectivity index (χ3v) is 1.37. The molecule has 0 saturated carbocycles. The van der Waals surface area contributed by atoms with E-state index in [0.29, 0.717) is 5.69 Å². The van der Waals surface area contributed by atoms with E-state index < -0.39 is 5.03 Å². The van der Waals surface area contributed by atoms with Gasteiger partial charge in [0, 0.05) is 0 Å². The van der Waals surface area contributed by atoms with E-state index in [9.17, 15) is 10.1 Å². The Balaban J connectivity index is 2.71. The fourth-order valence-electron chi connectivity index (χ4n) is 0.878. The van der Waals surface area contributed by atoms with Crippen LogP contribution in [0, 0.1) is 10.1 Å². The second-order valence-corrected chi connectivity index (χ2v) is 2.06. The van der Waals surface area contributed by atoms with Crippen LogP contribution in [0.5, 0.6) is 0 Å². The molecule has 0 fully saturated rings. The Morgan fingerprint density at radius 2 is 2.33 bits per heavy atom. The number of aromatic nitrogens is 4. The second kappa shape index (κ2) is 2.22. The smallest absolute Gasteiger partial charge is 0.230 e. The third kappa shape index (κ3) is 0.797. The molecule has 0 saturated heterocycles. The third-order valence-electron chi connectivity index (χ3n) is 1.37. The fourth-order valence-corrected chi connectivity index (χ4v) is 0.878. The molecular formula is C5H3N5O2. The molecule has 0 atom stereocenters. The van der Waals surface area contributed by atoms with Gasteiger partial charge in [-0.25, -0.2) is 25.1 Å². The van der Waals surface area contributed by atoms with Gasteiger partial charge in [-0.05, 0) is 4.68 Å². The first-order valence-corrected chi connectivity index (χ1v) is 3.07. The summed E-state index contributed by atoms with van der Waals surface area (Å²) in [4.78, 5) is 21.5. The number of rotatable bonds is 1. The number of hydrogen-bond donors (Lipinski definition) is 0. The molecule has 7 nitrogen and oxygen atoms in total. The molecule has 2 rings (SSSR count).